The van der Waals surface area contributed by atoms with E-state index in [9.17, 15) is 10.1 Å². The zero-order valence-corrected chi connectivity index (χ0v) is 13.7. The molecule has 0 fully saturated rings. The molecular weight excluding hydrogens is 338 g/mol. The van der Waals surface area contributed by atoms with Crippen LogP contribution in [0.3, 0.4) is 0 Å². The minimum absolute atomic E-state index is 0.0903. The molecule has 7 nitrogen and oxygen atoms in total. The van der Waals surface area contributed by atoms with E-state index in [1.807, 2.05) is 47.0 Å². The fourth-order valence-corrected chi connectivity index (χ4v) is 3.20. The quantitative estimate of drug-likeness (QED) is 0.569. The second-order valence-electron chi connectivity index (χ2n) is 5.16. The maximum absolute atomic E-state index is 12.3. The number of para-hydroxylation sites is 1. The first-order chi connectivity index (χ1) is 12.3. The highest BCUT2D eigenvalue weighted by atomic mass is 32.2. The van der Waals surface area contributed by atoms with Gasteiger partial charge in [0.25, 0.3) is 0 Å². The van der Waals surface area contributed by atoms with Gasteiger partial charge in [-0.3, -0.25) is 9.20 Å². The van der Waals surface area contributed by atoms with Gasteiger partial charge in [-0.25, -0.2) is 0 Å². The van der Waals surface area contributed by atoms with Gasteiger partial charge in [0.15, 0.2) is 10.8 Å². The highest BCUT2D eigenvalue weighted by Crippen LogP contribution is 2.30. The van der Waals surface area contributed by atoms with Gasteiger partial charge >= 0.3 is 0 Å². The average Bonchev–Trinajstić information content (AvgIpc) is 3.21. The van der Waals surface area contributed by atoms with Crippen molar-refractivity contribution < 1.29 is 9.21 Å². The van der Waals surface area contributed by atoms with Gasteiger partial charge < -0.3 is 9.73 Å². The Morgan fingerprint density at radius 1 is 1.24 bits per heavy atom. The third-order valence-electron chi connectivity index (χ3n) is 3.58. The largest absolute Gasteiger partial charge is 0.443 e. The molecule has 0 spiro atoms. The van der Waals surface area contributed by atoms with Crippen LogP contribution in [0.5, 0.6) is 0 Å². The number of nitrogens with zero attached hydrogens (tertiary/aromatic N) is 4. The molecule has 0 aliphatic carbocycles. The zero-order valence-electron chi connectivity index (χ0n) is 12.8. The summed E-state index contributed by atoms with van der Waals surface area (Å²) in [6.45, 7) is 0. The third-order valence-corrected chi connectivity index (χ3v) is 4.52. The van der Waals surface area contributed by atoms with E-state index in [4.69, 9.17) is 4.42 Å². The molecule has 0 unspecified atom stereocenters. The van der Waals surface area contributed by atoms with E-state index < -0.39 is 0 Å². The second-order valence-corrected chi connectivity index (χ2v) is 6.10. The van der Waals surface area contributed by atoms with E-state index >= 15 is 0 Å². The predicted molar refractivity (Wildman–Crippen MR) is 93.3 cm³/mol. The lowest BCUT2D eigenvalue weighted by Crippen LogP contribution is -2.14. The van der Waals surface area contributed by atoms with E-state index in [0.29, 0.717) is 21.8 Å². The van der Waals surface area contributed by atoms with E-state index in [1.54, 1.807) is 12.1 Å². The Balaban J connectivity index is 1.52. The number of nitrogens with one attached hydrogen (secondary N) is 1. The Labute approximate surface area is 146 Å². The van der Waals surface area contributed by atoms with Crippen LogP contribution in [-0.2, 0) is 4.79 Å². The summed E-state index contributed by atoms with van der Waals surface area (Å²) in [6, 6.07) is 14.7. The summed E-state index contributed by atoms with van der Waals surface area (Å²) >= 11 is 1.27. The summed E-state index contributed by atoms with van der Waals surface area (Å²) in [5, 5.41) is 21.4. The monoisotopic (exact) mass is 349 g/mol. The highest BCUT2D eigenvalue weighted by molar-refractivity contribution is 7.99. The number of hydrogen-bond acceptors (Lipinski definition) is 6. The molecule has 3 heterocycles. The molecule has 0 aliphatic heterocycles. The van der Waals surface area contributed by atoms with Crippen molar-refractivity contribution in [1.82, 2.24) is 14.6 Å². The minimum Gasteiger partial charge on any atom is -0.443 e. The number of pyridine rings is 1. The zero-order chi connectivity index (χ0) is 17.2. The van der Waals surface area contributed by atoms with Crippen molar-refractivity contribution in [2.24, 2.45) is 0 Å². The standard InChI is InChI=1S/C17H11N5O2S/c18-9-13-16(11-5-1-2-6-12(11)24-13)19-15(23)10-25-17-21-20-14-7-3-4-8-22(14)17/h1-8H,10H2,(H,19,23). The molecule has 1 amide bonds. The van der Waals surface area contributed by atoms with Crippen LogP contribution in [0.15, 0.2) is 58.2 Å². The first kappa shape index (κ1) is 15.2. The van der Waals surface area contributed by atoms with Crippen LogP contribution >= 0.6 is 11.8 Å². The molecule has 0 saturated heterocycles. The molecule has 25 heavy (non-hydrogen) atoms. The lowest BCUT2D eigenvalue weighted by molar-refractivity contribution is -0.113. The smallest absolute Gasteiger partial charge is 0.234 e. The van der Waals surface area contributed by atoms with Crippen LogP contribution in [0.1, 0.15) is 5.76 Å². The Hall–Kier alpha value is -3.31. The van der Waals surface area contributed by atoms with Gasteiger partial charge in [-0.15, -0.1) is 10.2 Å². The molecule has 3 aromatic heterocycles. The molecule has 8 heteroatoms. The number of furan rings is 1. The molecule has 122 valence electrons. The van der Waals surface area contributed by atoms with Gasteiger partial charge in [0, 0.05) is 11.6 Å². The molecule has 0 radical (unpaired) electrons. The van der Waals surface area contributed by atoms with Crippen LogP contribution in [-0.4, -0.2) is 26.3 Å². The van der Waals surface area contributed by atoms with Gasteiger partial charge in [0.05, 0.1) is 5.75 Å². The fraction of sp³-hybridized carbons (Fsp3) is 0.0588. The van der Waals surface area contributed by atoms with E-state index in [0.717, 1.165) is 5.65 Å². The summed E-state index contributed by atoms with van der Waals surface area (Å²) in [5.74, 6) is -0.0201. The number of aromatic nitrogens is 3. The highest BCUT2D eigenvalue weighted by Gasteiger charge is 2.17. The van der Waals surface area contributed by atoms with E-state index in [2.05, 4.69) is 15.5 Å². The summed E-state index contributed by atoms with van der Waals surface area (Å²) in [6.07, 6.45) is 1.84. The van der Waals surface area contributed by atoms with Crippen LogP contribution in [0.2, 0.25) is 0 Å². The maximum Gasteiger partial charge on any atom is 0.234 e. The van der Waals surface area contributed by atoms with Crippen LogP contribution < -0.4 is 5.32 Å². The van der Waals surface area contributed by atoms with Crippen LogP contribution in [0.25, 0.3) is 16.6 Å². The van der Waals surface area contributed by atoms with Gasteiger partial charge in [-0.05, 0) is 24.3 Å². The Kier molecular flexibility index (Phi) is 3.84. The second kappa shape index (κ2) is 6.30. The number of thioether (sulfide) groups is 1. The van der Waals surface area contributed by atoms with Crippen LogP contribution in [0.4, 0.5) is 5.69 Å². The van der Waals surface area contributed by atoms with Crippen molar-refractivity contribution in [3.05, 3.63) is 54.4 Å². The van der Waals surface area contributed by atoms with E-state index in [1.165, 1.54) is 11.8 Å². The van der Waals surface area contributed by atoms with Crippen molar-refractivity contribution in [3.63, 3.8) is 0 Å². The molecule has 4 rings (SSSR count). The first-order valence-corrected chi connectivity index (χ1v) is 8.39. The van der Waals surface area contributed by atoms with Gasteiger partial charge in [0.1, 0.15) is 17.3 Å². The molecule has 0 atom stereocenters. The summed E-state index contributed by atoms with van der Waals surface area (Å²) in [7, 11) is 0. The van der Waals surface area contributed by atoms with Gasteiger partial charge in [0.2, 0.25) is 11.7 Å². The summed E-state index contributed by atoms with van der Waals surface area (Å²) in [4.78, 5) is 12.3. The van der Waals surface area contributed by atoms with Crippen molar-refractivity contribution in [2.75, 3.05) is 11.1 Å². The SMILES string of the molecule is N#Cc1oc2ccccc2c1NC(=O)CSc1nnc2ccccn12. The van der Waals surface area contributed by atoms with Crippen molar-refractivity contribution in [1.29, 1.82) is 5.26 Å². The number of anilines is 1. The molecule has 0 aliphatic rings. The van der Waals surface area contributed by atoms with E-state index in [-0.39, 0.29) is 17.4 Å². The number of rotatable bonds is 4. The van der Waals surface area contributed by atoms with Crippen molar-refractivity contribution >= 4 is 40.0 Å². The molecule has 4 aromatic rings. The number of carbonyl (C=O) groups is 1. The number of amides is 1. The number of carbonyl (C=O) groups excluding carboxylic acids is 1. The third kappa shape index (κ3) is 2.81. The molecule has 0 bridgehead atoms. The number of nitriles is 1. The van der Waals surface area contributed by atoms with Gasteiger partial charge in [-0.2, -0.15) is 5.26 Å². The Morgan fingerprint density at radius 2 is 2.08 bits per heavy atom. The summed E-state index contributed by atoms with van der Waals surface area (Å²) < 4.78 is 7.26. The number of hydrogen-bond donors (Lipinski definition) is 1. The lowest BCUT2D eigenvalue weighted by atomic mass is 10.2. The van der Waals surface area contributed by atoms with Crippen molar-refractivity contribution in [2.45, 2.75) is 5.16 Å². The van der Waals surface area contributed by atoms with Crippen LogP contribution in [0, 0.1) is 11.3 Å². The van der Waals surface area contributed by atoms with Gasteiger partial charge in [-0.1, -0.05) is 30.0 Å². The maximum atomic E-state index is 12.3. The molecule has 1 aromatic carbocycles. The Bertz CT molecular complexity index is 1120. The number of benzene rings is 1. The number of fused-ring (bicyclic) bond motifs is 2. The lowest BCUT2D eigenvalue weighted by Gasteiger charge is -2.03. The first-order valence-electron chi connectivity index (χ1n) is 7.40. The average molecular weight is 349 g/mol. The fourth-order valence-electron chi connectivity index (χ4n) is 2.47. The predicted octanol–water partition coefficient (Wildman–Crippen LogP) is 3.08. The molecule has 0 saturated carbocycles. The van der Waals surface area contributed by atoms with Crippen molar-refractivity contribution in [3.8, 4) is 6.07 Å². The minimum atomic E-state index is -0.249. The normalized spacial score (nSPS) is 10.8. The molecular formula is C17H11N5O2S. The molecule has 1 N–H and O–H groups in total. The summed E-state index contributed by atoms with van der Waals surface area (Å²) in [5.41, 5.74) is 1.68. The Morgan fingerprint density at radius 3 is 2.96 bits per heavy atom. The topological polar surface area (TPSA) is 96.2 Å².